The topological polar surface area (TPSA) is 35.8 Å². The van der Waals surface area contributed by atoms with Crippen molar-refractivity contribution in [1.82, 2.24) is 5.32 Å². The SMILES string of the molecule is Cc1cc(F)ccc1CCNCC(C#N)C(F)(F)F. The molecule has 1 N–H and O–H groups in total. The van der Waals surface area contributed by atoms with Crippen LogP contribution in [-0.4, -0.2) is 19.3 Å². The number of nitrogens with one attached hydrogen (secondary N) is 1. The highest BCUT2D eigenvalue weighted by Gasteiger charge is 2.39. The van der Waals surface area contributed by atoms with Gasteiger partial charge in [-0.25, -0.2) is 4.39 Å². The lowest BCUT2D eigenvalue weighted by Crippen LogP contribution is -2.33. The Balaban J connectivity index is 2.41. The Kier molecular flexibility index (Phi) is 5.31. The summed E-state index contributed by atoms with van der Waals surface area (Å²) < 4.78 is 49.7. The van der Waals surface area contributed by atoms with E-state index in [1.54, 1.807) is 13.0 Å². The molecule has 0 aliphatic carbocycles. The molecule has 2 nitrogen and oxygen atoms in total. The van der Waals surface area contributed by atoms with Crippen molar-refractivity contribution in [3.8, 4) is 6.07 Å². The van der Waals surface area contributed by atoms with E-state index in [0.717, 1.165) is 11.1 Å². The van der Waals surface area contributed by atoms with Gasteiger partial charge < -0.3 is 5.32 Å². The van der Waals surface area contributed by atoms with Gasteiger partial charge >= 0.3 is 6.18 Å². The molecule has 1 aromatic rings. The predicted molar refractivity (Wildman–Crippen MR) is 62.9 cm³/mol. The molecule has 1 aromatic carbocycles. The Labute approximate surface area is 109 Å². The van der Waals surface area contributed by atoms with Crippen LogP contribution in [0.5, 0.6) is 0 Å². The summed E-state index contributed by atoms with van der Waals surface area (Å²) in [4.78, 5) is 0. The molecule has 6 heteroatoms. The summed E-state index contributed by atoms with van der Waals surface area (Å²) in [5, 5.41) is 11.0. The molecule has 104 valence electrons. The molecule has 0 saturated carbocycles. The zero-order valence-corrected chi connectivity index (χ0v) is 10.4. The van der Waals surface area contributed by atoms with Crippen LogP contribution in [0.2, 0.25) is 0 Å². The molecule has 0 aliphatic rings. The highest BCUT2D eigenvalue weighted by molar-refractivity contribution is 5.26. The number of aryl methyl sites for hydroxylation is 1. The molecule has 0 heterocycles. The molecular weight excluding hydrogens is 260 g/mol. The molecule has 0 spiro atoms. The summed E-state index contributed by atoms with van der Waals surface area (Å²) in [6.07, 6.45) is -4.02. The van der Waals surface area contributed by atoms with Crippen LogP contribution in [-0.2, 0) is 6.42 Å². The average molecular weight is 274 g/mol. The zero-order valence-electron chi connectivity index (χ0n) is 10.4. The monoisotopic (exact) mass is 274 g/mol. The van der Waals surface area contributed by atoms with Crippen molar-refractivity contribution < 1.29 is 17.6 Å². The number of hydrogen-bond donors (Lipinski definition) is 1. The molecule has 0 aliphatic heterocycles. The van der Waals surface area contributed by atoms with E-state index < -0.39 is 18.6 Å². The number of nitrogens with zero attached hydrogens (tertiary/aromatic N) is 1. The molecular formula is C13H14F4N2. The van der Waals surface area contributed by atoms with Crippen LogP contribution in [0, 0.1) is 30.0 Å². The molecule has 19 heavy (non-hydrogen) atoms. The van der Waals surface area contributed by atoms with Gasteiger partial charge in [0.25, 0.3) is 0 Å². The first-order chi connectivity index (χ1) is 8.84. The maximum Gasteiger partial charge on any atom is 0.405 e. The summed E-state index contributed by atoms with van der Waals surface area (Å²) in [7, 11) is 0. The first-order valence-electron chi connectivity index (χ1n) is 5.76. The lowest BCUT2D eigenvalue weighted by molar-refractivity contribution is -0.157. The van der Waals surface area contributed by atoms with Gasteiger partial charge in [0.1, 0.15) is 5.82 Å². The number of halogens is 4. The van der Waals surface area contributed by atoms with E-state index in [1.807, 2.05) is 0 Å². The average Bonchev–Trinajstić information content (AvgIpc) is 2.29. The van der Waals surface area contributed by atoms with E-state index in [2.05, 4.69) is 5.32 Å². The van der Waals surface area contributed by atoms with E-state index >= 15 is 0 Å². The number of nitriles is 1. The van der Waals surface area contributed by atoms with Gasteiger partial charge in [-0.3, -0.25) is 0 Å². The molecule has 0 fully saturated rings. The Morgan fingerprint density at radius 2 is 2.05 bits per heavy atom. The molecule has 0 amide bonds. The van der Waals surface area contributed by atoms with Crippen LogP contribution < -0.4 is 5.32 Å². The normalized spacial score (nSPS) is 13.1. The van der Waals surface area contributed by atoms with Crippen LogP contribution in [0.15, 0.2) is 18.2 Å². The minimum Gasteiger partial charge on any atom is -0.315 e. The zero-order chi connectivity index (χ0) is 14.5. The van der Waals surface area contributed by atoms with Gasteiger partial charge in [-0.05, 0) is 43.1 Å². The first kappa shape index (κ1) is 15.4. The number of benzene rings is 1. The number of alkyl halides is 3. The van der Waals surface area contributed by atoms with Gasteiger partial charge in [-0.1, -0.05) is 6.07 Å². The number of rotatable bonds is 5. The summed E-state index contributed by atoms with van der Waals surface area (Å²) >= 11 is 0. The van der Waals surface area contributed by atoms with E-state index in [0.29, 0.717) is 13.0 Å². The molecule has 0 aromatic heterocycles. The molecule has 1 rings (SSSR count). The Hall–Kier alpha value is -1.61. The molecule has 0 saturated heterocycles. The van der Waals surface area contributed by atoms with Crippen molar-refractivity contribution in [3.05, 3.63) is 35.1 Å². The van der Waals surface area contributed by atoms with E-state index in [1.165, 1.54) is 18.2 Å². The lowest BCUT2D eigenvalue weighted by atomic mass is 10.1. The second-order valence-corrected chi connectivity index (χ2v) is 4.25. The quantitative estimate of drug-likeness (QED) is 0.662. The van der Waals surface area contributed by atoms with Crippen LogP contribution >= 0.6 is 0 Å². The first-order valence-corrected chi connectivity index (χ1v) is 5.76. The second kappa shape index (κ2) is 6.53. The Morgan fingerprint density at radius 1 is 1.37 bits per heavy atom. The smallest absolute Gasteiger partial charge is 0.315 e. The fourth-order valence-electron chi connectivity index (χ4n) is 1.64. The molecule has 0 bridgehead atoms. The fourth-order valence-corrected chi connectivity index (χ4v) is 1.64. The van der Waals surface area contributed by atoms with Crippen LogP contribution in [0.1, 0.15) is 11.1 Å². The van der Waals surface area contributed by atoms with Crippen LogP contribution in [0.25, 0.3) is 0 Å². The van der Waals surface area contributed by atoms with Gasteiger partial charge in [0.05, 0.1) is 6.07 Å². The molecule has 0 radical (unpaired) electrons. The predicted octanol–water partition coefficient (Wildman–Crippen LogP) is 2.97. The highest BCUT2D eigenvalue weighted by Crippen LogP contribution is 2.24. The van der Waals surface area contributed by atoms with E-state index in [-0.39, 0.29) is 5.82 Å². The third-order valence-corrected chi connectivity index (χ3v) is 2.78. The van der Waals surface area contributed by atoms with Gasteiger partial charge in [-0.2, -0.15) is 18.4 Å². The lowest BCUT2D eigenvalue weighted by Gasteiger charge is -2.14. The third kappa shape index (κ3) is 4.87. The molecule has 1 atom stereocenters. The number of hydrogen-bond acceptors (Lipinski definition) is 2. The maximum absolute atomic E-state index is 12.8. The maximum atomic E-state index is 12.8. The Morgan fingerprint density at radius 3 is 2.58 bits per heavy atom. The van der Waals surface area contributed by atoms with Gasteiger partial charge in [-0.15, -0.1) is 0 Å². The van der Waals surface area contributed by atoms with Gasteiger partial charge in [0.2, 0.25) is 0 Å². The highest BCUT2D eigenvalue weighted by atomic mass is 19.4. The summed E-state index contributed by atoms with van der Waals surface area (Å²) in [5.41, 5.74) is 1.63. The summed E-state index contributed by atoms with van der Waals surface area (Å²) in [6.45, 7) is 1.62. The largest absolute Gasteiger partial charge is 0.405 e. The minimum atomic E-state index is -4.51. The summed E-state index contributed by atoms with van der Waals surface area (Å²) in [6, 6.07) is 5.53. The van der Waals surface area contributed by atoms with Crippen molar-refractivity contribution in [2.75, 3.05) is 13.1 Å². The van der Waals surface area contributed by atoms with Crippen molar-refractivity contribution >= 4 is 0 Å². The van der Waals surface area contributed by atoms with Crippen molar-refractivity contribution in [2.24, 2.45) is 5.92 Å². The second-order valence-electron chi connectivity index (χ2n) is 4.25. The van der Waals surface area contributed by atoms with E-state index in [9.17, 15) is 17.6 Å². The standard InChI is InChI=1S/C13H14F4N2/c1-9-6-12(14)3-2-10(9)4-5-19-8-11(7-18)13(15,16)17/h2-3,6,11,19H,4-5,8H2,1H3. The van der Waals surface area contributed by atoms with Gasteiger partial charge in [0.15, 0.2) is 5.92 Å². The third-order valence-electron chi connectivity index (χ3n) is 2.78. The van der Waals surface area contributed by atoms with Crippen LogP contribution in [0.4, 0.5) is 17.6 Å². The Bertz CT molecular complexity index is 463. The summed E-state index contributed by atoms with van der Waals surface area (Å²) in [5.74, 6) is -2.34. The van der Waals surface area contributed by atoms with Gasteiger partial charge in [0, 0.05) is 6.54 Å². The van der Waals surface area contributed by atoms with Crippen LogP contribution in [0.3, 0.4) is 0 Å². The van der Waals surface area contributed by atoms with E-state index in [4.69, 9.17) is 5.26 Å². The van der Waals surface area contributed by atoms with Crippen molar-refractivity contribution in [3.63, 3.8) is 0 Å². The molecule has 1 unspecified atom stereocenters. The minimum absolute atomic E-state index is 0.306. The fraction of sp³-hybridized carbons (Fsp3) is 0.462. The van der Waals surface area contributed by atoms with Crippen molar-refractivity contribution in [1.29, 1.82) is 5.26 Å². The van der Waals surface area contributed by atoms with Crippen molar-refractivity contribution in [2.45, 2.75) is 19.5 Å².